The molecule has 3 aromatic rings. The molecule has 1 aliphatic rings. The monoisotopic (exact) mass is 418 g/mol. The SMILES string of the molecule is Cc1ncc(-c2ccncc2C)c([C@H]2CCCCN2C(=O)CCc2ccccc2F)n1. The van der Waals surface area contributed by atoms with E-state index >= 15 is 0 Å². The summed E-state index contributed by atoms with van der Waals surface area (Å²) in [5.74, 6) is 0.476. The Balaban J connectivity index is 1.63. The Hall–Kier alpha value is -3.15. The molecule has 1 amide bonds. The number of nitrogens with zero attached hydrogens (tertiary/aromatic N) is 4. The highest BCUT2D eigenvalue weighted by atomic mass is 19.1. The first-order valence-corrected chi connectivity index (χ1v) is 10.8. The van der Waals surface area contributed by atoms with Crippen LogP contribution in [0.15, 0.2) is 48.9 Å². The average Bonchev–Trinajstić information content (AvgIpc) is 2.79. The number of benzene rings is 1. The maximum atomic E-state index is 14.0. The zero-order valence-electron chi connectivity index (χ0n) is 18.0. The standard InChI is InChI=1S/C25H27FN4O/c1-17-15-27-13-12-20(17)21-16-28-18(2)29-25(21)23-9-5-6-14-30(23)24(31)11-10-19-7-3-4-8-22(19)26/h3-4,7-8,12-13,15-16,23H,5-6,9-11,14H2,1-2H3/t23-/m1/s1. The Bertz CT molecular complexity index is 1080. The van der Waals surface area contributed by atoms with Gasteiger partial charge in [0.2, 0.25) is 5.91 Å². The number of pyridine rings is 1. The van der Waals surface area contributed by atoms with Crippen LogP contribution in [0.25, 0.3) is 11.1 Å². The van der Waals surface area contributed by atoms with Crippen molar-refractivity contribution in [3.63, 3.8) is 0 Å². The second-order valence-electron chi connectivity index (χ2n) is 8.10. The number of carbonyl (C=O) groups is 1. The van der Waals surface area contributed by atoms with E-state index in [1.54, 1.807) is 24.4 Å². The molecule has 1 fully saturated rings. The highest BCUT2D eigenvalue weighted by molar-refractivity contribution is 5.78. The van der Waals surface area contributed by atoms with Crippen molar-refractivity contribution in [1.82, 2.24) is 19.9 Å². The quantitative estimate of drug-likeness (QED) is 0.586. The molecule has 0 unspecified atom stereocenters. The van der Waals surface area contributed by atoms with Crippen LogP contribution in [0.3, 0.4) is 0 Å². The fourth-order valence-corrected chi connectivity index (χ4v) is 4.33. The minimum atomic E-state index is -0.257. The molecule has 0 bridgehead atoms. The van der Waals surface area contributed by atoms with Gasteiger partial charge in [-0.05, 0) is 68.4 Å². The smallest absolute Gasteiger partial charge is 0.223 e. The Labute approximate surface area is 182 Å². The van der Waals surface area contributed by atoms with E-state index in [2.05, 4.69) is 9.97 Å². The van der Waals surface area contributed by atoms with Crippen molar-refractivity contribution < 1.29 is 9.18 Å². The van der Waals surface area contributed by atoms with Crippen LogP contribution in [0.5, 0.6) is 0 Å². The number of amides is 1. The van der Waals surface area contributed by atoms with Crippen molar-refractivity contribution in [3.8, 4) is 11.1 Å². The lowest BCUT2D eigenvalue weighted by Gasteiger charge is -2.36. The van der Waals surface area contributed by atoms with Crippen LogP contribution in [0.2, 0.25) is 0 Å². The summed E-state index contributed by atoms with van der Waals surface area (Å²) in [4.78, 5) is 28.6. The maximum Gasteiger partial charge on any atom is 0.223 e. The molecule has 0 radical (unpaired) electrons. The third-order valence-corrected chi connectivity index (χ3v) is 5.95. The number of likely N-dealkylation sites (tertiary alicyclic amines) is 1. The summed E-state index contributed by atoms with van der Waals surface area (Å²) in [6.07, 6.45) is 9.01. The van der Waals surface area contributed by atoms with Gasteiger partial charge >= 0.3 is 0 Å². The lowest BCUT2D eigenvalue weighted by molar-refractivity contribution is -0.135. The van der Waals surface area contributed by atoms with Gasteiger partial charge in [-0.3, -0.25) is 9.78 Å². The molecule has 3 heterocycles. The summed E-state index contributed by atoms with van der Waals surface area (Å²) in [5.41, 5.74) is 4.50. The molecule has 1 aliphatic heterocycles. The number of aryl methyl sites for hydroxylation is 3. The Kier molecular flexibility index (Phi) is 6.35. The van der Waals surface area contributed by atoms with Gasteiger partial charge in [-0.1, -0.05) is 18.2 Å². The second kappa shape index (κ2) is 9.33. The summed E-state index contributed by atoms with van der Waals surface area (Å²) >= 11 is 0. The Morgan fingerprint density at radius 2 is 1.97 bits per heavy atom. The lowest BCUT2D eigenvalue weighted by Crippen LogP contribution is -2.39. The zero-order valence-corrected chi connectivity index (χ0v) is 18.0. The molecule has 2 aromatic heterocycles. The molecule has 0 saturated carbocycles. The van der Waals surface area contributed by atoms with Crippen LogP contribution in [0.4, 0.5) is 4.39 Å². The van der Waals surface area contributed by atoms with Gasteiger partial charge in [0.15, 0.2) is 0 Å². The Morgan fingerprint density at radius 3 is 2.77 bits per heavy atom. The van der Waals surface area contributed by atoms with Gasteiger partial charge in [0.05, 0.1) is 11.7 Å². The molecule has 0 aliphatic carbocycles. The van der Waals surface area contributed by atoms with E-state index < -0.39 is 0 Å². The summed E-state index contributed by atoms with van der Waals surface area (Å²) in [5, 5.41) is 0. The van der Waals surface area contributed by atoms with Gasteiger partial charge in [0.1, 0.15) is 11.6 Å². The van der Waals surface area contributed by atoms with Crippen LogP contribution >= 0.6 is 0 Å². The van der Waals surface area contributed by atoms with E-state index in [1.807, 2.05) is 37.2 Å². The molecule has 4 rings (SSSR count). The van der Waals surface area contributed by atoms with E-state index in [1.165, 1.54) is 6.07 Å². The van der Waals surface area contributed by atoms with Crippen LogP contribution in [0.1, 0.15) is 54.4 Å². The van der Waals surface area contributed by atoms with E-state index in [9.17, 15) is 9.18 Å². The second-order valence-corrected chi connectivity index (χ2v) is 8.10. The molecule has 6 heteroatoms. The first-order chi connectivity index (χ1) is 15.0. The van der Waals surface area contributed by atoms with Crippen LogP contribution in [-0.4, -0.2) is 32.3 Å². The molecule has 5 nitrogen and oxygen atoms in total. The van der Waals surface area contributed by atoms with E-state index in [0.717, 1.165) is 41.6 Å². The van der Waals surface area contributed by atoms with E-state index in [-0.39, 0.29) is 24.2 Å². The Morgan fingerprint density at radius 1 is 1.13 bits per heavy atom. The number of hydrogen-bond donors (Lipinski definition) is 0. The summed E-state index contributed by atoms with van der Waals surface area (Å²) in [6, 6.07) is 8.53. The van der Waals surface area contributed by atoms with Crippen molar-refractivity contribution >= 4 is 5.91 Å². The lowest BCUT2D eigenvalue weighted by atomic mass is 9.92. The average molecular weight is 419 g/mol. The molecule has 0 N–H and O–H groups in total. The summed E-state index contributed by atoms with van der Waals surface area (Å²) in [7, 11) is 0. The van der Waals surface area contributed by atoms with E-state index in [0.29, 0.717) is 24.4 Å². The van der Waals surface area contributed by atoms with Gasteiger partial charge in [0.25, 0.3) is 0 Å². The molecular weight excluding hydrogens is 391 g/mol. The number of piperidine rings is 1. The maximum absolute atomic E-state index is 14.0. The van der Waals surface area contributed by atoms with Gasteiger partial charge in [-0.25, -0.2) is 14.4 Å². The van der Waals surface area contributed by atoms with Crippen LogP contribution in [0, 0.1) is 19.7 Å². The molecule has 160 valence electrons. The van der Waals surface area contributed by atoms with Crippen LogP contribution < -0.4 is 0 Å². The highest BCUT2D eigenvalue weighted by Crippen LogP contribution is 2.36. The highest BCUT2D eigenvalue weighted by Gasteiger charge is 2.31. The molecule has 1 aromatic carbocycles. The normalized spacial score (nSPS) is 16.4. The molecular formula is C25H27FN4O. The zero-order chi connectivity index (χ0) is 21.8. The molecule has 31 heavy (non-hydrogen) atoms. The molecule has 1 saturated heterocycles. The first kappa shape index (κ1) is 21.1. The predicted molar refractivity (Wildman–Crippen MR) is 118 cm³/mol. The fraction of sp³-hybridized carbons (Fsp3) is 0.360. The van der Waals surface area contributed by atoms with Crippen molar-refractivity contribution in [2.75, 3.05) is 6.54 Å². The third-order valence-electron chi connectivity index (χ3n) is 5.95. The van der Waals surface area contributed by atoms with E-state index in [4.69, 9.17) is 4.98 Å². The summed E-state index contributed by atoms with van der Waals surface area (Å²) < 4.78 is 14.0. The topological polar surface area (TPSA) is 59.0 Å². The number of halogens is 1. The molecule has 0 spiro atoms. The minimum absolute atomic E-state index is 0.0432. The molecule has 1 atom stereocenters. The van der Waals surface area contributed by atoms with Gasteiger partial charge in [-0.2, -0.15) is 0 Å². The number of carbonyl (C=O) groups excluding carboxylic acids is 1. The van der Waals surface area contributed by atoms with Gasteiger partial charge in [-0.15, -0.1) is 0 Å². The fourth-order valence-electron chi connectivity index (χ4n) is 4.33. The minimum Gasteiger partial charge on any atom is -0.334 e. The first-order valence-electron chi connectivity index (χ1n) is 10.8. The largest absolute Gasteiger partial charge is 0.334 e. The number of aromatic nitrogens is 3. The third kappa shape index (κ3) is 4.63. The van der Waals surface area contributed by atoms with Gasteiger partial charge < -0.3 is 4.90 Å². The van der Waals surface area contributed by atoms with Crippen molar-refractivity contribution in [2.24, 2.45) is 0 Å². The van der Waals surface area contributed by atoms with Gasteiger partial charge in [0, 0.05) is 37.1 Å². The van der Waals surface area contributed by atoms with Crippen LogP contribution in [-0.2, 0) is 11.2 Å². The van der Waals surface area contributed by atoms with Crippen molar-refractivity contribution in [2.45, 2.75) is 52.0 Å². The van der Waals surface area contributed by atoms with Crippen molar-refractivity contribution in [1.29, 1.82) is 0 Å². The summed E-state index contributed by atoms with van der Waals surface area (Å²) in [6.45, 7) is 4.59. The number of rotatable bonds is 5. The number of hydrogen-bond acceptors (Lipinski definition) is 4. The van der Waals surface area contributed by atoms with Crippen molar-refractivity contribution in [3.05, 3.63) is 77.4 Å². The predicted octanol–water partition coefficient (Wildman–Crippen LogP) is 4.98.